The molecule has 1 heteroatoms. The second-order valence-electron chi connectivity index (χ2n) is 5.75. The first kappa shape index (κ1) is 11.6. The van der Waals surface area contributed by atoms with E-state index < -0.39 is 0 Å². The van der Waals surface area contributed by atoms with Gasteiger partial charge in [0.25, 0.3) is 0 Å². The zero-order chi connectivity index (χ0) is 11.6. The van der Waals surface area contributed by atoms with Gasteiger partial charge in [-0.3, -0.25) is 0 Å². The van der Waals surface area contributed by atoms with Gasteiger partial charge in [0, 0.05) is 0 Å². The average molecular weight is 220 g/mol. The molecule has 2 rings (SSSR count). The van der Waals surface area contributed by atoms with Crippen LogP contribution in [-0.2, 0) is 6.42 Å². The molecular weight excluding hydrogens is 199 g/mol. The maximum absolute atomic E-state index is 12.8. The van der Waals surface area contributed by atoms with Crippen LogP contribution in [0.3, 0.4) is 0 Å². The van der Waals surface area contributed by atoms with Crippen molar-refractivity contribution in [2.75, 3.05) is 0 Å². The zero-order valence-corrected chi connectivity index (χ0v) is 10.3. The second kappa shape index (κ2) is 4.57. The monoisotopic (exact) mass is 220 g/mol. The summed E-state index contributed by atoms with van der Waals surface area (Å²) in [6.45, 7) is 4.59. The van der Waals surface area contributed by atoms with Crippen LogP contribution in [-0.4, -0.2) is 0 Å². The van der Waals surface area contributed by atoms with Crippen molar-refractivity contribution in [3.63, 3.8) is 0 Å². The molecule has 0 heterocycles. The maximum Gasteiger partial charge on any atom is 0.123 e. The van der Waals surface area contributed by atoms with Crippen LogP contribution >= 0.6 is 0 Å². The molecule has 0 nitrogen and oxygen atoms in total. The van der Waals surface area contributed by atoms with Crippen molar-refractivity contribution in [2.45, 2.75) is 46.0 Å². The third-order valence-corrected chi connectivity index (χ3v) is 3.75. The molecule has 88 valence electrons. The quantitative estimate of drug-likeness (QED) is 0.696. The lowest BCUT2D eigenvalue weighted by molar-refractivity contribution is 0.100. The first-order valence-corrected chi connectivity index (χ1v) is 6.34. The summed E-state index contributed by atoms with van der Waals surface area (Å²) < 4.78 is 12.8. The topological polar surface area (TPSA) is 0 Å². The molecule has 1 aliphatic carbocycles. The van der Waals surface area contributed by atoms with E-state index in [2.05, 4.69) is 13.8 Å². The third-order valence-electron chi connectivity index (χ3n) is 3.75. The molecule has 0 bridgehead atoms. The molecule has 0 atom stereocenters. The summed E-state index contributed by atoms with van der Waals surface area (Å²) in [6.07, 6.45) is 6.51. The van der Waals surface area contributed by atoms with Gasteiger partial charge in [0.05, 0.1) is 0 Å². The van der Waals surface area contributed by atoms with Gasteiger partial charge in [-0.05, 0) is 54.7 Å². The Bertz CT molecular complexity index is 333. The molecule has 0 saturated heterocycles. The third kappa shape index (κ3) is 2.63. The van der Waals surface area contributed by atoms with Crippen molar-refractivity contribution in [3.05, 3.63) is 35.6 Å². The Balaban J connectivity index is 2.04. The van der Waals surface area contributed by atoms with Gasteiger partial charge in [0.15, 0.2) is 0 Å². The molecule has 1 aromatic rings. The molecule has 0 radical (unpaired) electrons. The highest BCUT2D eigenvalue weighted by molar-refractivity contribution is 5.18. The summed E-state index contributed by atoms with van der Waals surface area (Å²) in [5.74, 6) is 0.635. The van der Waals surface area contributed by atoms with Crippen molar-refractivity contribution < 1.29 is 4.39 Å². The van der Waals surface area contributed by atoms with Crippen LogP contribution in [0.4, 0.5) is 4.39 Å². The number of hydrogen-bond acceptors (Lipinski definition) is 0. The highest BCUT2D eigenvalue weighted by Crippen LogP contribution is 2.48. The van der Waals surface area contributed by atoms with Crippen LogP contribution in [0, 0.1) is 17.2 Å². The van der Waals surface area contributed by atoms with Gasteiger partial charge in [-0.25, -0.2) is 4.39 Å². The van der Waals surface area contributed by atoms with E-state index in [9.17, 15) is 4.39 Å². The van der Waals surface area contributed by atoms with Gasteiger partial charge in [-0.1, -0.05) is 32.4 Å². The smallest absolute Gasteiger partial charge is 0.123 e. The normalized spacial score (nSPS) is 18.5. The lowest BCUT2D eigenvalue weighted by atomic mass is 9.62. The summed E-state index contributed by atoms with van der Waals surface area (Å²) in [6, 6.07) is 7.04. The molecule has 0 N–H and O–H groups in total. The van der Waals surface area contributed by atoms with Gasteiger partial charge >= 0.3 is 0 Å². The van der Waals surface area contributed by atoms with Crippen molar-refractivity contribution >= 4 is 0 Å². The second-order valence-corrected chi connectivity index (χ2v) is 5.75. The summed E-state index contributed by atoms with van der Waals surface area (Å²) in [7, 11) is 0. The Hall–Kier alpha value is -0.850. The Labute approximate surface area is 97.9 Å². The molecule has 0 amide bonds. The van der Waals surface area contributed by atoms with E-state index in [0.29, 0.717) is 5.41 Å². The summed E-state index contributed by atoms with van der Waals surface area (Å²) >= 11 is 0. The SMILES string of the molecule is CC(C)CC1(Cc2ccc(F)cc2)CCC1. The molecule has 0 aliphatic heterocycles. The fourth-order valence-corrected chi connectivity index (χ4v) is 3.03. The van der Waals surface area contributed by atoms with Crippen LogP contribution in [0.15, 0.2) is 24.3 Å². The van der Waals surface area contributed by atoms with Crippen LogP contribution in [0.25, 0.3) is 0 Å². The minimum absolute atomic E-state index is 0.129. The largest absolute Gasteiger partial charge is 0.207 e. The van der Waals surface area contributed by atoms with Crippen molar-refractivity contribution in [3.8, 4) is 0 Å². The minimum Gasteiger partial charge on any atom is -0.207 e. The van der Waals surface area contributed by atoms with Crippen LogP contribution in [0.5, 0.6) is 0 Å². The molecular formula is C15H21F. The van der Waals surface area contributed by atoms with E-state index in [1.165, 1.54) is 31.2 Å². The van der Waals surface area contributed by atoms with Crippen molar-refractivity contribution in [1.82, 2.24) is 0 Å². The van der Waals surface area contributed by atoms with E-state index in [4.69, 9.17) is 0 Å². The highest BCUT2D eigenvalue weighted by atomic mass is 19.1. The first-order valence-electron chi connectivity index (χ1n) is 6.34. The molecule has 0 unspecified atom stereocenters. The lowest BCUT2D eigenvalue weighted by Crippen LogP contribution is -2.33. The molecule has 0 aromatic heterocycles. The average Bonchev–Trinajstić information content (AvgIpc) is 2.17. The van der Waals surface area contributed by atoms with E-state index in [1.807, 2.05) is 12.1 Å². The first-order chi connectivity index (χ1) is 7.60. The van der Waals surface area contributed by atoms with Crippen molar-refractivity contribution in [1.29, 1.82) is 0 Å². The van der Waals surface area contributed by atoms with E-state index >= 15 is 0 Å². The molecule has 16 heavy (non-hydrogen) atoms. The van der Waals surface area contributed by atoms with Crippen LogP contribution < -0.4 is 0 Å². The van der Waals surface area contributed by atoms with Gasteiger partial charge in [-0.15, -0.1) is 0 Å². The van der Waals surface area contributed by atoms with Gasteiger partial charge < -0.3 is 0 Å². The number of hydrogen-bond donors (Lipinski definition) is 0. The van der Waals surface area contributed by atoms with E-state index in [-0.39, 0.29) is 5.82 Å². The fourth-order valence-electron chi connectivity index (χ4n) is 3.03. The fraction of sp³-hybridized carbons (Fsp3) is 0.600. The predicted octanol–water partition coefficient (Wildman–Crippen LogP) is 4.58. The Morgan fingerprint density at radius 2 is 1.81 bits per heavy atom. The van der Waals surface area contributed by atoms with Gasteiger partial charge in [0.2, 0.25) is 0 Å². The highest BCUT2D eigenvalue weighted by Gasteiger charge is 2.37. The van der Waals surface area contributed by atoms with Crippen LogP contribution in [0.2, 0.25) is 0 Å². The van der Waals surface area contributed by atoms with Gasteiger partial charge in [0.1, 0.15) is 5.82 Å². The lowest BCUT2D eigenvalue weighted by Gasteiger charge is -2.43. The summed E-state index contributed by atoms with van der Waals surface area (Å²) in [5, 5.41) is 0. The zero-order valence-electron chi connectivity index (χ0n) is 10.3. The molecule has 0 spiro atoms. The Morgan fingerprint density at radius 1 is 1.19 bits per heavy atom. The Kier molecular flexibility index (Phi) is 3.32. The number of benzene rings is 1. The van der Waals surface area contributed by atoms with Crippen molar-refractivity contribution in [2.24, 2.45) is 11.3 Å². The molecule has 1 aromatic carbocycles. The van der Waals surface area contributed by atoms with Gasteiger partial charge in [-0.2, -0.15) is 0 Å². The Morgan fingerprint density at radius 3 is 2.25 bits per heavy atom. The predicted molar refractivity (Wildman–Crippen MR) is 65.8 cm³/mol. The molecule has 1 fully saturated rings. The van der Waals surface area contributed by atoms with E-state index in [0.717, 1.165) is 12.3 Å². The van der Waals surface area contributed by atoms with Crippen LogP contribution in [0.1, 0.15) is 45.1 Å². The minimum atomic E-state index is -0.129. The van der Waals surface area contributed by atoms with E-state index in [1.54, 1.807) is 12.1 Å². The maximum atomic E-state index is 12.8. The molecule has 1 aliphatic rings. The summed E-state index contributed by atoms with van der Waals surface area (Å²) in [4.78, 5) is 0. The standard InChI is InChI=1S/C15H21F/c1-12(2)10-15(8-3-9-15)11-13-4-6-14(16)7-5-13/h4-7,12H,3,8-11H2,1-2H3. The summed E-state index contributed by atoms with van der Waals surface area (Å²) in [5.41, 5.74) is 1.81. The number of halogens is 1. The number of rotatable bonds is 4. The molecule has 1 saturated carbocycles.